The molecule has 2 aromatic heterocycles. The van der Waals surface area contributed by atoms with E-state index in [9.17, 15) is 0 Å². The van der Waals surface area contributed by atoms with Gasteiger partial charge in [0.2, 0.25) is 0 Å². The summed E-state index contributed by atoms with van der Waals surface area (Å²) in [6.07, 6.45) is 1.37. The Morgan fingerprint density at radius 1 is 0.647 bits per heavy atom. The predicted octanol–water partition coefficient (Wildman–Crippen LogP) is 5.83. The molecular formula is C28H32N6. The quantitative estimate of drug-likeness (QED) is 0.321. The number of allylic oxidation sites excluding steroid dienone is 4. The van der Waals surface area contributed by atoms with Crippen LogP contribution in [-0.4, -0.2) is 21.4 Å². The number of aromatic nitrogens is 2. The van der Waals surface area contributed by atoms with Crippen LogP contribution in [0.1, 0.15) is 51.9 Å². The first-order valence-corrected chi connectivity index (χ1v) is 11.4. The van der Waals surface area contributed by atoms with Crippen molar-refractivity contribution in [3.8, 4) is 22.5 Å². The standard InChI is InChI=1S/C28H32N6/c1-5-21(29)17(3)27(31)25-15-9-13-23(33-25)19-11-7-8-12-20(19)24-14-10-16-26(34-24)28(32)18(4)22(30)6-2/h7-16,31-32H,5-6,29-30H2,1-4H3. The largest absolute Gasteiger partial charge is 0.402 e. The lowest BCUT2D eigenvalue weighted by Gasteiger charge is -2.13. The van der Waals surface area contributed by atoms with E-state index in [2.05, 4.69) is 0 Å². The molecule has 6 nitrogen and oxygen atoms in total. The van der Waals surface area contributed by atoms with Crippen LogP contribution in [0.15, 0.2) is 83.2 Å². The Bertz CT molecular complexity index is 1200. The first kappa shape index (κ1) is 24.6. The summed E-state index contributed by atoms with van der Waals surface area (Å²) in [5.41, 5.74) is 20.1. The number of benzene rings is 1. The Morgan fingerprint density at radius 3 is 1.38 bits per heavy atom. The van der Waals surface area contributed by atoms with E-state index in [0.717, 1.165) is 33.7 Å². The molecule has 0 atom stereocenters. The minimum Gasteiger partial charge on any atom is -0.402 e. The highest BCUT2D eigenvalue weighted by Crippen LogP contribution is 2.30. The Hall–Kier alpha value is -4.06. The van der Waals surface area contributed by atoms with Crippen molar-refractivity contribution in [1.29, 1.82) is 10.8 Å². The van der Waals surface area contributed by atoms with Crippen LogP contribution in [0.3, 0.4) is 0 Å². The number of rotatable bonds is 8. The second-order valence-corrected chi connectivity index (χ2v) is 8.12. The van der Waals surface area contributed by atoms with Crippen molar-refractivity contribution < 1.29 is 0 Å². The minimum atomic E-state index is 0.322. The van der Waals surface area contributed by atoms with Gasteiger partial charge in [-0.2, -0.15) is 0 Å². The maximum Gasteiger partial charge on any atom is 0.0889 e. The van der Waals surface area contributed by atoms with E-state index < -0.39 is 0 Å². The van der Waals surface area contributed by atoms with Gasteiger partial charge in [0, 0.05) is 22.5 Å². The highest BCUT2D eigenvalue weighted by atomic mass is 14.8. The molecule has 6 heteroatoms. The van der Waals surface area contributed by atoms with Gasteiger partial charge in [-0.05, 0) is 62.1 Å². The molecule has 34 heavy (non-hydrogen) atoms. The Morgan fingerprint density at radius 2 is 1.03 bits per heavy atom. The molecule has 0 aliphatic heterocycles. The van der Waals surface area contributed by atoms with Crippen molar-refractivity contribution in [2.75, 3.05) is 0 Å². The molecule has 3 rings (SSSR count). The number of hydrogen-bond donors (Lipinski definition) is 4. The predicted molar refractivity (Wildman–Crippen MR) is 141 cm³/mol. The van der Waals surface area contributed by atoms with Crippen molar-refractivity contribution in [3.05, 3.63) is 94.6 Å². The Kier molecular flexibility index (Phi) is 7.74. The molecule has 0 aliphatic carbocycles. The molecule has 0 aliphatic rings. The van der Waals surface area contributed by atoms with E-state index >= 15 is 0 Å². The molecule has 0 radical (unpaired) electrons. The van der Waals surface area contributed by atoms with Crippen LogP contribution in [0.25, 0.3) is 22.5 Å². The molecule has 0 saturated heterocycles. The topological polar surface area (TPSA) is 126 Å². The zero-order valence-corrected chi connectivity index (χ0v) is 20.2. The van der Waals surface area contributed by atoms with Crippen LogP contribution in [0, 0.1) is 10.8 Å². The number of pyridine rings is 2. The average Bonchev–Trinajstić information content (AvgIpc) is 2.90. The van der Waals surface area contributed by atoms with E-state index in [1.165, 1.54) is 0 Å². The third-order valence-corrected chi connectivity index (χ3v) is 5.96. The molecule has 0 amide bonds. The van der Waals surface area contributed by atoms with Gasteiger partial charge >= 0.3 is 0 Å². The van der Waals surface area contributed by atoms with Gasteiger partial charge in [0.1, 0.15) is 0 Å². The molecule has 174 valence electrons. The number of nitrogens with zero attached hydrogens (tertiary/aromatic N) is 2. The number of hydrogen-bond acceptors (Lipinski definition) is 6. The van der Waals surface area contributed by atoms with Gasteiger partial charge in [0.15, 0.2) is 0 Å². The molecule has 0 bridgehead atoms. The number of nitrogens with two attached hydrogens (primary N) is 2. The molecule has 2 heterocycles. The maximum atomic E-state index is 8.56. The van der Waals surface area contributed by atoms with Crippen molar-refractivity contribution in [2.45, 2.75) is 40.5 Å². The SMILES string of the molecule is CCC(N)=C(C)C(=N)c1cccc(-c2ccccc2-c2cccc(C(=N)C(C)=C(N)CC)n2)n1. The lowest BCUT2D eigenvalue weighted by atomic mass is 9.99. The first-order chi connectivity index (χ1) is 16.3. The molecular weight excluding hydrogens is 420 g/mol. The van der Waals surface area contributed by atoms with Gasteiger partial charge in [0.05, 0.1) is 34.2 Å². The fourth-order valence-electron chi connectivity index (χ4n) is 3.61. The summed E-state index contributed by atoms with van der Waals surface area (Å²) in [7, 11) is 0. The summed E-state index contributed by atoms with van der Waals surface area (Å²) in [4.78, 5) is 9.56. The summed E-state index contributed by atoms with van der Waals surface area (Å²) >= 11 is 0. The van der Waals surface area contributed by atoms with Crippen LogP contribution in [-0.2, 0) is 0 Å². The van der Waals surface area contributed by atoms with E-state index in [1.54, 1.807) is 0 Å². The van der Waals surface area contributed by atoms with Gasteiger partial charge in [-0.1, -0.05) is 50.2 Å². The van der Waals surface area contributed by atoms with Crippen molar-refractivity contribution in [2.24, 2.45) is 11.5 Å². The highest BCUT2D eigenvalue weighted by molar-refractivity contribution is 6.10. The summed E-state index contributed by atoms with van der Waals surface area (Å²) in [5.74, 6) is 0. The normalized spacial score (nSPS) is 12.6. The third kappa shape index (κ3) is 5.12. The van der Waals surface area contributed by atoms with Gasteiger partial charge in [-0.3, -0.25) is 10.8 Å². The van der Waals surface area contributed by atoms with Gasteiger partial charge in [-0.15, -0.1) is 0 Å². The van der Waals surface area contributed by atoms with Crippen LogP contribution in [0.5, 0.6) is 0 Å². The first-order valence-electron chi connectivity index (χ1n) is 11.4. The second-order valence-electron chi connectivity index (χ2n) is 8.12. The smallest absolute Gasteiger partial charge is 0.0889 e. The number of nitrogens with one attached hydrogen (secondary N) is 2. The third-order valence-electron chi connectivity index (χ3n) is 5.96. The van der Waals surface area contributed by atoms with Crippen LogP contribution >= 0.6 is 0 Å². The summed E-state index contributed by atoms with van der Waals surface area (Å²) < 4.78 is 0. The minimum absolute atomic E-state index is 0.322. The molecule has 0 fully saturated rings. The summed E-state index contributed by atoms with van der Waals surface area (Å²) in [6.45, 7) is 7.66. The zero-order chi connectivity index (χ0) is 24.8. The van der Waals surface area contributed by atoms with E-state index in [0.29, 0.717) is 47.0 Å². The summed E-state index contributed by atoms with van der Waals surface area (Å²) in [5, 5.41) is 17.1. The van der Waals surface area contributed by atoms with E-state index in [1.807, 2.05) is 88.4 Å². The molecule has 1 aromatic carbocycles. The van der Waals surface area contributed by atoms with E-state index in [-0.39, 0.29) is 0 Å². The van der Waals surface area contributed by atoms with Gasteiger partial charge in [0.25, 0.3) is 0 Å². The summed E-state index contributed by atoms with van der Waals surface area (Å²) in [6, 6.07) is 19.2. The highest BCUT2D eigenvalue weighted by Gasteiger charge is 2.15. The van der Waals surface area contributed by atoms with Crippen molar-refractivity contribution >= 4 is 11.4 Å². The average molecular weight is 453 g/mol. The Balaban J connectivity index is 2.07. The molecule has 0 saturated carbocycles. The van der Waals surface area contributed by atoms with Crippen LogP contribution in [0.4, 0.5) is 0 Å². The zero-order valence-electron chi connectivity index (χ0n) is 20.2. The van der Waals surface area contributed by atoms with Crippen molar-refractivity contribution in [1.82, 2.24) is 9.97 Å². The molecule has 3 aromatic rings. The second kappa shape index (κ2) is 10.7. The molecule has 6 N–H and O–H groups in total. The Labute approximate surface area is 201 Å². The lowest BCUT2D eigenvalue weighted by molar-refractivity contribution is 1.04. The monoisotopic (exact) mass is 452 g/mol. The van der Waals surface area contributed by atoms with Crippen molar-refractivity contribution in [3.63, 3.8) is 0 Å². The fraction of sp³-hybridized carbons (Fsp3) is 0.214. The van der Waals surface area contributed by atoms with Gasteiger partial charge < -0.3 is 11.5 Å². The molecule has 0 spiro atoms. The molecule has 0 unspecified atom stereocenters. The van der Waals surface area contributed by atoms with E-state index in [4.69, 9.17) is 32.3 Å². The van der Waals surface area contributed by atoms with Crippen LogP contribution < -0.4 is 11.5 Å². The maximum absolute atomic E-state index is 8.56. The van der Waals surface area contributed by atoms with Gasteiger partial charge in [-0.25, -0.2) is 9.97 Å². The fourth-order valence-corrected chi connectivity index (χ4v) is 3.61. The van der Waals surface area contributed by atoms with Crippen LogP contribution in [0.2, 0.25) is 0 Å². The lowest BCUT2D eigenvalue weighted by Crippen LogP contribution is -2.11.